The highest BCUT2D eigenvalue weighted by atomic mass is 16.3. The van der Waals surface area contributed by atoms with Crippen LogP contribution in [0.1, 0.15) is 11.1 Å². The molecule has 3 N–H and O–H groups in total. The van der Waals surface area contributed by atoms with Crippen molar-refractivity contribution in [3.8, 4) is 11.1 Å². The van der Waals surface area contributed by atoms with Gasteiger partial charge in [0.25, 0.3) is 0 Å². The molecule has 17 heavy (non-hydrogen) atoms. The van der Waals surface area contributed by atoms with E-state index in [0.29, 0.717) is 6.54 Å². The first kappa shape index (κ1) is 11.8. The van der Waals surface area contributed by atoms with Gasteiger partial charge in [-0.2, -0.15) is 0 Å². The van der Waals surface area contributed by atoms with Crippen LogP contribution in [0.15, 0.2) is 48.5 Å². The summed E-state index contributed by atoms with van der Waals surface area (Å²) >= 11 is 0. The van der Waals surface area contributed by atoms with Gasteiger partial charge in [-0.25, -0.2) is 0 Å². The van der Waals surface area contributed by atoms with Gasteiger partial charge in [-0.05, 0) is 41.3 Å². The largest absolute Gasteiger partial charge is 0.392 e. The van der Waals surface area contributed by atoms with Gasteiger partial charge in [-0.15, -0.1) is 0 Å². The summed E-state index contributed by atoms with van der Waals surface area (Å²) in [4.78, 5) is 0. The summed E-state index contributed by atoms with van der Waals surface area (Å²) in [6.45, 7) is 0.762. The van der Waals surface area contributed by atoms with E-state index in [1.54, 1.807) is 0 Å². The minimum atomic E-state index is 0.0824. The molecule has 88 valence electrons. The fourth-order valence-corrected chi connectivity index (χ4v) is 1.88. The maximum atomic E-state index is 9.11. The monoisotopic (exact) mass is 227 g/mol. The van der Waals surface area contributed by atoms with E-state index in [-0.39, 0.29) is 6.61 Å². The van der Waals surface area contributed by atoms with Crippen LogP contribution in [0.3, 0.4) is 0 Å². The van der Waals surface area contributed by atoms with Gasteiger partial charge in [0.1, 0.15) is 0 Å². The van der Waals surface area contributed by atoms with E-state index < -0.39 is 0 Å². The number of aliphatic hydroxyl groups is 1. The van der Waals surface area contributed by atoms with Crippen LogP contribution in [-0.4, -0.2) is 11.7 Å². The summed E-state index contributed by atoms with van der Waals surface area (Å²) in [6, 6.07) is 16.4. The molecule has 0 unspecified atom stereocenters. The molecule has 2 rings (SSSR count). The second-order valence-corrected chi connectivity index (χ2v) is 4.09. The van der Waals surface area contributed by atoms with Crippen molar-refractivity contribution in [1.82, 2.24) is 0 Å². The Morgan fingerprint density at radius 2 is 1.65 bits per heavy atom. The van der Waals surface area contributed by atoms with Crippen LogP contribution >= 0.6 is 0 Å². The number of aliphatic hydroxyl groups excluding tert-OH is 1. The van der Waals surface area contributed by atoms with Crippen LogP contribution in [0.4, 0.5) is 0 Å². The first-order chi connectivity index (χ1) is 8.33. The summed E-state index contributed by atoms with van der Waals surface area (Å²) in [5.74, 6) is 0. The molecule has 0 saturated carbocycles. The molecule has 2 aromatic carbocycles. The Morgan fingerprint density at radius 3 is 2.29 bits per heavy atom. The van der Waals surface area contributed by atoms with Crippen molar-refractivity contribution < 1.29 is 5.11 Å². The van der Waals surface area contributed by atoms with Gasteiger partial charge in [-0.1, -0.05) is 42.5 Å². The standard InChI is InChI=1S/C15H17NO/c16-9-8-12-4-6-14(7-5-12)15-3-1-2-13(10-15)11-17/h1-7,10,17H,8-9,11,16H2. The normalized spacial score (nSPS) is 10.5. The van der Waals surface area contributed by atoms with Gasteiger partial charge in [-0.3, -0.25) is 0 Å². The van der Waals surface area contributed by atoms with Crippen molar-refractivity contribution in [3.05, 3.63) is 59.7 Å². The molecule has 0 saturated heterocycles. The lowest BCUT2D eigenvalue weighted by Crippen LogP contribution is -2.02. The summed E-state index contributed by atoms with van der Waals surface area (Å²) in [5, 5.41) is 9.11. The van der Waals surface area contributed by atoms with E-state index in [0.717, 1.165) is 17.5 Å². The Kier molecular flexibility index (Phi) is 3.91. The van der Waals surface area contributed by atoms with Gasteiger partial charge in [0, 0.05) is 0 Å². The highest BCUT2D eigenvalue weighted by molar-refractivity contribution is 5.64. The number of hydrogen-bond donors (Lipinski definition) is 2. The van der Waals surface area contributed by atoms with Crippen molar-refractivity contribution in [2.24, 2.45) is 5.73 Å². The fourth-order valence-electron chi connectivity index (χ4n) is 1.88. The molecule has 0 aromatic heterocycles. The van der Waals surface area contributed by atoms with Gasteiger partial charge in [0.05, 0.1) is 6.61 Å². The Balaban J connectivity index is 2.26. The number of rotatable bonds is 4. The molecule has 0 fully saturated rings. The third-order valence-corrected chi connectivity index (χ3v) is 2.83. The van der Waals surface area contributed by atoms with Crippen LogP contribution in [0.2, 0.25) is 0 Å². The second-order valence-electron chi connectivity index (χ2n) is 4.09. The molecular weight excluding hydrogens is 210 g/mol. The Bertz CT molecular complexity index is 477. The quantitative estimate of drug-likeness (QED) is 0.842. The van der Waals surface area contributed by atoms with Crippen LogP contribution in [0.5, 0.6) is 0 Å². The van der Waals surface area contributed by atoms with E-state index in [1.807, 2.05) is 18.2 Å². The zero-order chi connectivity index (χ0) is 12.1. The second kappa shape index (κ2) is 5.62. The van der Waals surface area contributed by atoms with E-state index in [4.69, 9.17) is 10.8 Å². The van der Waals surface area contributed by atoms with Gasteiger partial charge in [0.15, 0.2) is 0 Å². The number of hydrogen-bond acceptors (Lipinski definition) is 2. The molecule has 2 aromatic rings. The zero-order valence-electron chi connectivity index (χ0n) is 9.76. The maximum Gasteiger partial charge on any atom is 0.0682 e. The van der Waals surface area contributed by atoms with Crippen molar-refractivity contribution in [2.45, 2.75) is 13.0 Å². The molecule has 0 aliphatic heterocycles. The van der Waals surface area contributed by atoms with Crippen molar-refractivity contribution in [2.75, 3.05) is 6.54 Å². The highest BCUT2D eigenvalue weighted by Crippen LogP contribution is 2.21. The van der Waals surface area contributed by atoms with E-state index in [2.05, 4.69) is 30.3 Å². The highest BCUT2D eigenvalue weighted by Gasteiger charge is 1.99. The predicted octanol–water partition coefficient (Wildman–Crippen LogP) is 2.35. The lowest BCUT2D eigenvalue weighted by molar-refractivity contribution is 0.282. The van der Waals surface area contributed by atoms with Gasteiger partial charge in [0.2, 0.25) is 0 Å². The molecule has 0 aliphatic carbocycles. The van der Waals surface area contributed by atoms with Crippen LogP contribution in [-0.2, 0) is 13.0 Å². The minimum Gasteiger partial charge on any atom is -0.392 e. The first-order valence-electron chi connectivity index (χ1n) is 5.82. The van der Waals surface area contributed by atoms with Gasteiger partial charge >= 0.3 is 0 Å². The van der Waals surface area contributed by atoms with E-state index in [9.17, 15) is 0 Å². The van der Waals surface area contributed by atoms with E-state index in [1.165, 1.54) is 11.1 Å². The molecule has 0 heterocycles. The summed E-state index contributed by atoms with van der Waals surface area (Å²) in [7, 11) is 0. The van der Waals surface area contributed by atoms with Crippen molar-refractivity contribution >= 4 is 0 Å². The minimum absolute atomic E-state index is 0.0824. The van der Waals surface area contributed by atoms with Crippen molar-refractivity contribution in [3.63, 3.8) is 0 Å². The smallest absolute Gasteiger partial charge is 0.0682 e. The van der Waals surface area contributed by atoms with Crippen LogP contribution in [0.25, 0.3) is 11.1 Å². The average Bonchev–Trinajstić information content (AvgIpc) is 2.40. The lowest BCUT2D eigenvalue weighted by Gasteiger charge is -2.05. The third kappa shape index (κ3) is 2.93. The van der Waals surface area contributed by atoms with Gasteiger partial charge < -0.3 is 10.8 Å². The van der Waals surface area contributed by atoms with Crippen molar-refractivity contribution in [1.29, 1.82) is 0 Å². The predicted molar refractivity (Wildman–Crippen MR) is 70.6 cm³/mol. The average molecular weight is 227 g/mol. The summed E-state index contributed by atoms with van der Waals surface area (Å²) in [5.41, 5.74) is 10.0. The molecular formula is C15H17NO. The van der Waals surface area contributed by atoms with Crippen LogP contribution < -0.4 is 5.73 Å². The summed E-state index contributed by atoms with van der Waals surface area (Å²) in [6.07, 6.45) is 0.914. The SMILES string of the molecule is NCCc1ccc(-c2cccc(CO)c2)cc1. The van der Waals surface area contributed by atoms with E-state index >= 15 is 0 Å². The Labute approximate surface area is 102 Å². The zero-order valence-corrected chi connectivity index (χ0v) is 9.76. The molecule has 0 bridgehead atoms. The number of nitrogens with two attached hydrogens (primary N) is 1. The molecule has 0 radical (unpaired) electrons. The molecule has 2 heteroatoms. The molecule has 0 spiro atoms. The summed E-state index contributed by atoms with van der Waals surface area (Å²) < 4.78 is 0. The Hall–Kier alpha value is -1.64. The third-order valence-electron chi connectivity index (χ3n) is 2.83. The Morgan fingerprint density at radius 1 is 0.882 bits per heavy atom. The van der Waals surface area contributed by atoms with Crippen LogP contribution in [0, 0.1) is 0 Å². The topological polar surface area (TPSA) is 46.2 Å². The fraction of sp³-hybridized carbons (Fsp3) is 0.200. The first-order valence-corrected chi connectivity index (χ1v) is 5.82. The molecule has 0 atom stereocenters. The lowest BCUT2D eigenvalue weighted by atomic mass is 10.0. The molecule has 0 amide bonds. The molecule has 2 nitrogen and oxygen atoms in total. The maximum absolute atomic E-state index is 9.11. The number of benzene rings is 2. The molecule has 0 aliphatic rings.